The van der Waals surface area contributed by atoms with Gasteiger partial charge in [-0.2, -0.15) is 0 Å². The van der Waals surface area contributed by atoms with Crippen molar-refractivity contribution in [3.63, 3.8) is 0 Å². The number of ether oxygens (including phenoxy) is 1. The van der Waals surface area contributed by atoms with Crippen LogP contribution in [0.25, 0.3) is 0 Å². The highest BCUT2D eigenvalue weighted by Crippen LogP contribution is 2.33. The van der Waals surface area contributed by atoms with Gasteiger partial charge in [0, 0.05) is 13.7 Å². The predicted octanol–water partition coefficient (Wildman–Crippen LogP) is 3.54. The summed E-state index contributed by atoms with van der Waals surface area (Å²) in [7, 11) is 1.70. The topological polar surface area (TPSA) is 50.4 Å². The second-order valence-corrected chi connectivity index (χ2v) is 7.70. The van der Waals surface area contributed by atoms with Crippen LogP contribution >= 0.6 is 12.4 Å². The Morgan fingerprint density at radius 3 is 2.38 bits per heavy atom. The Bertz CT molecular complexity index is 346. The minimum atomic E-state index is -0.307. The molecule has 2 fully saturated rings. The molecule has 142 valence electrons. The Balaban J connectivity index is 0.00000288. The maximum absolute atomic E-state index is 12.7. The number of rotatable bonds is 8. The maximum atomic E-state index is 12.7. The van der Waals surface area contributed by atoms with Gasteiger partial charge in [0.25, 0.3) is 0 Å². The lowest BCUT2D eigenvalue weighted by Crippen LogP contribution is -2.51. The molecule has 2 N–H and O–H groups in total. The van der Waals surface area contributed by atoms with E-state index in [2.05, 4.69) is 17.6 Å². The number of halogens is 1. The number of nitrogens with one attached hydrogen (secondary N) is 2. The fraction of sp³-hybridized carbons (Fsp3) is 0.947. The van der Waals surface area contributed by atoms with Crippen LogP contribution in [0, 0.1) is 17.3 Å². The number of carbonyl (C=O) groups excluding carboxylic acids is 1. The number of hydrogen-bond donors (Lipinski definition) is 2. The van der Waals surface area contributed by atoms with Gasteiger partial charge in [0.2, 0.25) is 5.91 Å². The van der Waals surface area contributed by atoms with Crippen molar-refractivity contribution in [1.29, 1.82) is 0 Å². The van der Waals surface area contributed by atoms with Gasteiger partial charge in [0.15, 0.2) is 0 Å². The number of methoxy groups -OCH3 is 1. The molecule has 1 saturated carbocycles. The standard InChI is InChI=1S/C19H36N2O2.ClH/c1-3-4-5-16-6-8-17(9-7-16)14-21-18(22)19(15-23-2)10-12-20-13-11-19;/h16-17,20H,3-15H2,1-2H3,(H,21,22);1H. The molecule has 0 aromatic heterocycles. The van der Waals surface area contributed by atoms with E-state index in [4.69, 9.17) is 4.74 Å². The summed E-state index contributed by atoms with van der Waals surface area (Å²) in [6.45, 7) is 5.51. The lowest BCUT2D eigenvalue weighted by Gasteiger charge is -2.36. The summed E-state index contributed by atoms with van der Waals surface area (Å²) in [5.41, 5.74) is -0.307. The predicted molar refractivity (Wildman–Crippen MR) is 102 cm³/mol. The molecule has 1 aliphatic heterocycles. The molecule has 0 radical (unpaired) electrons. The van der Waals surface area contributed by atoms with Crippen molar-refractivity contribution in [3.05, 3.63) is 0 Å². The van der Waals surface area contributed by atoms with Crippen molar-refractivity contribution < 1.29 is 9.53 Å². The summed E-state index contributed by atoms with van der Waals surface area (Å²) in [5.74, 6) is 1.83. The number of hydrogen-bond acceptors (Lipinski definition) is 3. The number of amides is 1. The van der Waals surface area contributed by atoms with E-state index in [9.17, 15) is 4.79 Å². The Morgan fingerprint density at radius 1 is 1.17 bits per heavy atom. The zero-order valence-corrected chi connectivity index (χ0v) is 16.4. The molecule has 2 aliphatic rings. The van der Waals surface area contributed by atoms with Gasteiger partial charge in [-0.3, -0.25) is 4.79 Å². The number of unbranched alkanes of at least 4 members (excludes halogenated alkanes) is 1. The third-order valence-electron chi connectivity index (χ3n) is 5.95. The maximum Gasteiger partial charge on any atom is 0.228 e. The Morgan fingerprint density at radius 2 is 1.79 bits per heavy atom. The van der Waals surface area contributed by atoms with E-state index in [-0.39, 0.29) is 23.7 Å². The van der Waals surface area contributed by atoms with Crippen LogP contribution in [0.2, 0.25) is 0 Å². The molecule has 5 heteroatoms. The van der Waals surface area contributed by atoms with E-state index in [1.54, 1.807) is 7.11 Å². The molecular formula is C19H37ClN2O2. The second-order valence-electron chi connectivity index (χ2n) is 7.70. The minimum absolute atomic E-state index is 0. The van der Waals surface area contributed by atoms with Crippen molar-refractivity contribution >= 4 is 18.3 Å². The highest BCUT2D eigenvalue weighted by atomic mass is 35.5. The average molecular weight is 361 g/mol. The summed E-state index contributed by atoms with van der Waals surface area (Å²) >= 11 is 0. The number of piperidine rings is 1. The molecule has 0 spiro atoms. The molecule has 1 heterocycles. The molecule has 0 unspecified atom stereocenters. The van der Waals surface area contributed by atoms with Gasteiger partial charge in [-0.1, -0.05) is 39.0 Å². The first-order chi connectivity index (χ1) is 11.2. The van der Waals surface area contributed by atoms with Crippen LogP contribution in [-0.4, -0.2) is 39.3 Å². The molecule has 0 aromatic rings. The summed E-state index contributed by atoms with van der Waals surface area (Å²) in [6.07, 6.45) is 11.1. The Kier molecular flexibility index (Phi) is 10.3. The van der Waals surface area contributed by atoms with Gasteiger partial charge in [-0.25, -0.2) is 0 Å². The normalized spacial score (nSPS) is 26.4. The first-order valence-corrected chi connectivity index (χ1v) is 9.68. The molecular weight excluding hydrogens is 324 g/mol. The molecule has 24 heavy (non-hydrogen) atoms. The molecule has 1 aliphatic carbocycles. The largest absolute Gasteiger partial charge is 0.384 e. The molecule has 0 atom stereocenters. The highest BCUT2D eigenvalue weighted by molar-refractivity contribution is 5.85. The van der Waals surface area contributed by atoms with E-state index in [1.165, 1.54) is 44.9 Å². The third kappa shape index (κ3) is 6.20. The van der Waals surface area contributed by atoms with Crippen LogP contribution in [0.1, 0.15) is 64.7 Å². The van der Waals surface area contributed by atoms with Crippen molar-refractivity contribution in [2.75, 3.05) is 33.4 Å². The van der Waals surface area contributed by atoms with E-state index < -0.39 is 0 Å². The fourth-order valence-electron chi connectivity index (χ4n) is 4.26. The SMILES string of the molecule is CCCCC1CCC(CNC(=O)C2(COC)CCNCC2)CC1.Cl. The number of carbonyl (C=O) groups is 1. The van der Waals surface area contributed by atoms with Gasteiger partial charge in [0.05, 0.1) is 12.0 Å². The lowest BCUT2D eigenvalue weighted by molar-refractivity contribution is -0.136. The average Bonchev–Trinajstić information content (AvgIpc) is 2.60. The molecule has 1 saturated heterocycles. The quantitative estimate of drug-likeness (QED) is 0.696. The first-order valence-electron chi connectivity index (χ1n) is 9.68. The van der Waals surface area contributed by atoms with Crippen LogP contribution in [0.15, 0.2) is 0 Å². The monoisotopic (exact) mass is 360 g/mol. The molecule has 2 rings (SSSR count). The van der Waals surface area contributed by atoms with E-state index >= 15 is 0 Å². The summed E-state index contributed by atoms with van der Waals surface area (Å²) in [6, 6.07) is 0. The van der Waals surface area contributed by atoms with Crippen molar-refractivity contribution in [3.8, 4) is 0 Å². The lowest BCUT2D eigenvalue weighted by atomic mass is 9.77. The highest BCUT2D eigenvalue weighted by Gasteiger charge is 2.39. The van der Waals surface area contributed by atoms with Gasteiger partial charge in [-0.05, 0) is 50.6 Å². The van der Waals surface area contributed by atoms with Crippen molar-refractivity contribution in [2.45, 2.75) is 64.7 Å². The van der Waals surface area contributed by atoms with E-state index in [0.29, 0.717) is 12.5 Å². The Labute approximate surface area is 154 Å². The van der Waals surface area contributed by atoms with Crippen molar-refractivity contribution in [2.24, 2.45) is 17.3 Å². The molecule has 4 nitrogen and oxygen atoms in total. The Hall–Kier alpha value is -0.320. The molecule has 0 aromatic carbocycles. The van der Waals surface area contributed by atoms with Gasteiger partial charge in [0.1, 0.15) is 0 Å². The zero-order chi connectivity index (χ0) is 16.5. The second kappa shape index (κ2) is 11.3. The minimum Gasteiger partial charge on any atom is -0.384 e. The van der Waals surface area contributed by atoms with Crippen LogP contribution < -0.4 is 10.6 Å². The third-order valence-corrected chi connectivity index (χ3v) is 5.95. The molecule has 1 amide bonds. The van der Waals surface area contributed by atoms with E-state index in [1.807, 2.05) is 0 Å². The van der Waals surface area contributed by atoms with Gasteiger partial charge in [-0.15, -0.1) is 12.4 Å². The molecule has 0 bridgehead atoms. The smallest absolute Gasteiger partial charge is 0.228 e. The zero-order valence-electron chi connectivity index (χ0n) is 15.6. The fourth-order valence-corrected chi connectivity index (χ4v) is 4.26. The van der Waals surface area contributed by atoms with Crippen LogP contribution in [-0.2, 0) is 9.53 Å². The van der Waals surface area contributed by atoms with E-state index in [0.717, 1.165) is 38.4 Å². The van der Waals surface area contributed by atoms with Crippen LogP contribution in [0.3, 0.4) is 0 Å². The van der Waals surface area contributed by atoms with Crippen LogP contribution in [0.4, 0.5) is 0 Å². The van der Waals surface area contributed by atoms with Crippen LogP contribution in [0.5, 0.6) is 0 Å². The summed E-state index contributed by atoms with van der Waals surface area (Å²) in [5, 5.41) is 6.60. The van der Waals surface area contributed by atoms with Crippen molar-refractivity contribution in [1.82, 2.24) is 10.6 Å². The van der Waals surface area contributed by atoms with Gasteiger partial charge >= 0.3 is 0 Å². The summed E-state index contributed by atoms with van der Waals surface area (Å²) in [4.78, 5) is 12.7. The van der Waals surface area contributed by atoms with Gasteiger partial charge < -0.3 is 15.4 Å². The first kappa shape index (κ1) is 21.7. The summed E-state index contributed by atoms with van der Waals surface area (Å²) < 4.78 is 5.36.